The van der Waals surface area contributed by atoms with Gasteiger partial charge in [0, 0.05) is 68.9 Å². The fourth-order valence-electron chi connectivity index (χ4n) is 5.14. The van der Waals surface area contributed by atoms with E-state index >= 15 is 0 Å². The average Bonchev–Trinajstić information content (AvgIpc) is 3.55. The minimum atomic E-state index is -2.67. The molecule has 0 unspecified atom stereocenters. The highest BCUT2D eigenvalue weighted by molar-refractivity contribution is 5.93. The molecule has 11 heteroatoms. The molecule has 2 N–H and O–H groups in total. The topological polar surface area (TPSA) is 95.0 Å². The first-order valence-corrected chi connectivity index (χ1v) is 12.5. The van der Waals surface area contributed by atoms with Crippen molar-refractivity contribution >= 4 is 23.4 Å². The van der Waals surface area contributed by atoms with E-state index in [-0.39, 0.29) is 18.7 Å². The Morgan fingerprint density at radius 3 is 2.68 bits per heavy atom. The van der Waals surface area contributed by atoms with Crippen molar-refractivity contribution < 1.29 is 13.6 Å². The Labute approximate surface area is 218 Å². The van der Waals surface area contributed by atoms with Gasteiger partial charge in [-0.25, -0.2) is 13.8 Å². The van der Waals surface area contributed by atoms with Crippen molar-refractivity contribution in [3.05, 3.63) is 71.9 Å². The van der Waals surface area contributed by atoms with Crippen LogP contribution in [-0.4, -0.2) is 61.1 Å². The predicted molar refractivity (Wildman–Crippen MR) is 140 cm³/mol. The fourth-order valence-corrected chi connectivity index (χ4v) is 5.14. The molecule has 6 rings (SSSR count). The van der Waals surface area contributed by atoms with Crippen molar-refractivity contribution in [2.24, 2.45) is 7.05 Å². The number of H-pyrrole nitrogens is 1. The SMILES string of the molecule is CN(C(=O)c1cc2c(n1C)CN(c1nccc(Nc3ccc(-c4cn[nH]c4)cc3)n1)CC2)C1CC(F)(F)C1. The number of hydrogen-bond acceptors (Lipinski definition) is 6. The van der Waals surface area contributed by atoms with Crippen LogP contribution in [0.2, 0.25) is 0 Å². The Balaban J connectivity index is 1.15. The van der Waals surface area contributed by atoms with Crippen LogP contribution in [0.25, 0.3) is 11.1 Å². The number of carbonyl (C=O) groups excluding carboxylic acids is 1. The minimum absolute atomic E-state index is 0.227. The first-order chi connectivity index (χ1) is 18.3. The van der Waals surface area contributed by atoms with Crippen LogP contribution in [0.15, 0.2) is 55.0 Å². The molecule has 196 valence electrons. The number of anilines is 3. The van der Waals surface area contributed by atoms with Gasteiger partial charge in [0.2, 0.25) is 5.95 Å². The average molecular weight is 519 g/mol. The summed E-state index contributed by atoms with van der Waals surface area (Å²) in [7, 11) is 3.46. The second kappa shape index (κ2) is 9.23. The number of rotatable bonds is 6. The summed E-state index contributed by atoms with van der Waals surface area (Å²) >= 11 is 0. The monoisotopic (exact) mass is 518 g/mol. The van der Waals surface area contributed by atoms with Gasteiger partial charge in [0.15, 0.2) is 0 Å². The van der Waals surface area contributed by atoms with Crippen LogP contribution in [-0.2, 0) is 20.0 Å². The van der Waals surface area contributed by atoms with Crippen molar-refractivity contribution in [1.82, 2.24) is 29.6 Å². The molecule has 0 atom stereocenters. The van der Waals surface area contributed by atoms with Crippen LogP contribution in [0.3, 0.4) is 0 Å². The third kappa shape index (κ3) is 4.48. The van der Waals surface area contributed by atoms with E-state index in [0.717, 1.165) is 34.5 Å². The summed E-state index contributed by atoms with van der Waals surface area (Å²) in [4.78, 5) is 25.8. The number of alkyl halides is 2. The van der Waals surface area contributed by atoms with Crippen molar-refractivity contribution in [1.29, 1.82) is 0 Å². The molecular weight excluding hydrogens is 490 g/mol. The molecule has 0 bridgehead atoms. The number of aromatic amines is 1. The molecule has 0 saturated heterocycles. The van der Waals surface area contributed by atoms with E-state index in [1.54, 1.807) is 19.4 Å². The van der Waals surface area contributed by atoms with Gasteiger partial charge in [0.05, 0.1) is 12.7 Å². The number of aromatic nitrogens is 5. The van der Waals surface area contributed by atoms with E-state index in [2.05, 4.69) is 25.4 Å². The van der Waals surface area contributed by atoms with Gasteiger partial charge in [0.25, 0.3) is 11.8 Å². The second-order valence-electron chi connectivity index (χ2n) is 10.00. The van der Waals surface area contributed by atoms with Gasteiger partial charge >= 0.3 is 0 Å². The van der Waals surface area contributed by atoms with Crippen LogP contribution in [0.5, 0.6) is 0 Å². The third-order valence-corrected chi connectivity index (χ3v) is 7.51. The Hall–Kier alpha value is -4.28. The van der Waals surface area contributed by atoms with Gasteiger partial charge in [0.1, 0.15) is 11.5 Å². The number of halogens is 2. The van der Waals surface area contributed by atoms with Gasteiger partial charge in [-0.05, 0) is 41.8 Å². The lowest BCUT2D eigenvalue weighted by Gasteiger charge is -2.40. The van der Waals surface area contributed by atoms with Crippen molar-refractivity contribution in [3.63, 3.8) is 0 Å². The van der Waals surface area contributed by atoms with Gasteiger partial charge in [-0.2, -0.15) is 10.1 Å². The maximum Gasteiger partial charge on any atom is 0.270 e. The first-order valence-electron chi connectivity index (χ1n) is 12.5. The highest BCUT2D eigenvalue weighted by Crippen LogP contribution is 2.40. The molecule has 1 aliphatic carbocycles. The van der Waals surface area contributed by atoms with E-state index in [9.17, 15) is 13.6 Å². The molecule has 1 aliphatic heterocycles. The fraction of sp³-hybridized carbons (Fsp3) is 0.333. The van der Waals surface area contributed by atoms with E-state index in [1.165, 1.54) is 4.90 Å². The molecule has 2 aliphatic rings. The molecule has 1 fully saturated rings. The number of nitrogens with one attached hydrogen (secondary N) is 2. The molecule has 1 aromatic carbocycles. The van der Waals surface area contributed by atoms with Crippen molar-refractivity contribution in [2.45, 2.75) is 37.8 Å². The number of amides is 1. The highest BCUT2D eigenvalue weighted by Gasteiger charge is 2.48. The summed E-state index contributed by atoms with van der Waals surface area (Å²) in [5.74, 6) is -1.62. The summed E-state index contributed by atoms with van der Waals surface area (Å²) in [5, 5.41) is 10.1. The summed E-state index contributed by atoms with van der Waals surface area (Å²) in [6.07, 6.45) is 5.54. The summed E-state index contributed by atoms with van der Waals surface area (Å²) < 4.78 is 28.5. The highest BCUT2D eigenvalue weighted by atomic mass is 19.3. The number of carbonyl (C=O) groups is 1. The predicted octanol–water partition coefficient (Wildman–Crippen LogP) is 4.38. The summed E-state index contributed by atoms with van der Waals surface area (Å²) in [5.41, 5.74) is 5.60. The maximum atomic E-state index is 13.3. The zero-order valence-corrected chi connectivity index (χ0v) is 21.2. The van der Waals surface area contributed by atoms with E-state index in [0.29, 0.717) is 30.5 Å². The zero-order valence-electron chi connectivity index (χ0n) is 21.2. The standard InChI is InChI=1S/C27H28F2N8O/c1-35(21-12-27(28,29)13-21)25(38)22-11-18-8-10-37(16-23(18)36(22)2)26-30-9-7-24(34-26)33-20-5-3-17(4-6-20)19-14-31-32-15-19/h3-7,9,11,14-15,21H,8,10,12-13,16H2,1-2H3,(H,31,32)(H,30,33,34). The second-order valence-corrected chi connectivity index (χ2v) is 10.00. The molecule has 0 radical (unpaired) electrons. The normalized spacial score (nSPS) is 16.6. The Bertz CT molecular complexity index is 1460. The molecule has 3 aromatic heterocycles. The van der Waals surface area contributed by atoms with E-state index in [1.807, 2.05) is 54.2 Å². The van der Waals surface area contributed by atoms with Crippen LogP contribution >= 0.6 is 0 Å². The Morgan fingerprint density at radius 2 is 1.97 bits per heavy atom. The number of fused-ring (bicyclic) bond motifs is 1. The molecular formula is C27H28F2N8O. The van der Waals surface area contributed by atoms with Crippen LogP contribution in [0.4, 0.5) is 26.2 Å². The molecule has 4 heterocycles. The molecule has 38 heavy (non-hydrogen) atoms. The smallest absolute Gasteiger partial charge is 0.270 e. The van der Waals surface area contributed by atoms with Crippen molar-refractivity contribution in [3.8, 4) is 11.1 Å². The van der Waals surface area contributed by atoms with Gasteiger partial charge < -0.3 is 19.7 Å². The summed E-state index contributed by atoms with van der Waals surface area (Å²) in [6, 6.07) is 11.3. The molecule has 9 nitrogen and oxygen atoms in total. The van der Waals surface area contributed by atoms with Crippen LogP contribution in [0.1, 0.15) is 34.6 Å². The summed E-state index contributed by atoms with van der Waals surface area (Å²) in [6.45, 7) is 1.26. The maximum absolute atomic E-state index is 13.3. The number of benzene rings is 1. The molecule has 1 amide bonds. The minimum Gasteiger partial charge on any atom is -0.342 e. The largest absolute Gasteiger partial charge is 0.342 e. The Morgan fingerprint density at radius 1 is 1.18 bits per heavy atom. The first kappa shape index (κ1) is 24.1. The lowest BCUT2D eigenvalue weighted by atomic mass is 9.87. The lowest BCUT2D eigenvalue weighted by molar-refractivity contribution is -0.112. The molecule has 1 saturated carbocycles. The third-order valence-electron chi connectivity index (χ3n) is 7.51. The van der Waals surface area contributed by atoms with Gasteiger partial charge in [-0.1, -0.05) is 12.1 Å². The van der Waals surface area contributed by atoms with Crippen LogP contribution in [0, 0.1) is 0 Å². The number of nitrogens with zero attached hydrogens (tertiary/aromatic N) is 6. The Kier molecular flexibility index (Phi) is 5.85. The van der Waals surface area contributed by atoms with Crippen molar-refractivity contribution in [2.75, 3.05) is 23.8 Å². The van der Waals surface area contributed by atoms with Gasteiger partial charge in [-0.3, -0.25) is 9.89 Å². The number of hydrogen-bond donors (Lipinski definition) is 2. The molecule has 0 spiro atoms. The van der Waals surface area contributed by atoms with Crippen LogP contribution < -0.4 is 10.2 Å². The zero-order chi connectivity index (χ0) is 26.4. The molecule has 4 aromatic rings. The van der Waals surface area contributed by atoms with E-state index in [4.69, 9.17) is 4.98 Å². The lowest BCUT2D eigenvalue weighted by Crippen LogP contribution is -2.51. The van der Waals surface area contributed by atoms with E-state index < -0.39 is 12.0 Å². The van der Waals surface area contributed by atoms with Gasteiger partial charge in [-0.15, -0.1) is 0 Å². The quantitative estimate of drug-likeness (QED) is 0.393.